The summed E-state index contributed by atoms with van der Waals surface area (Å²) in [6.45, 7) is 1.91. The number of benzene rings is 1. The van der Waals surface area contributed by atoms with Gasteiger partial charge in [-0.15, -0.1) is 12.4 Å². The number of ether oxygens (including phenoxy) is 1. The topological polar surface area (TPSA) is 47.0 Å². The molecule has 0 atom stereocenters. The summed E-state index contributed by atoms with van der Waals surface area (Å²) in [6.07, 6.45) is 4.06. The number of hydrogen-bond acceptors (Lipinski definition) is 4. The van der Waals surface area contributed by atoms with Gasteiger partial charge in [0.25, 0.3) is 0 Å². The highest BCUT2D eigenvalue weighted by molar-refractivity contribution is 6.30. The standard InChI is InChI=1S/C16H17ClFN3O.ClH/c17-12-2-1-11(14(18)10-12)9-15-20-8-5-16(21-15)22-13-3-6-19-7-4-13;/h1-2,5,8,10,13,19H,3-4,6-7,9H2;1H. The highest BCUT2D eigenvalue weighted by Gasteiger charge is 2.15. The van der Waals surface area contributed by atoms with E-state index in [1.807, 2.05) is 0 Å². The number of nitrogens with one attached hydrogen (secondary N) is 1. The van der Waals surface area contributed by atoms with Gasteiger partial charge in [0, 0.05) is 23.7 Å². The Morgan fingerprint density at radius 2 is 2.04 bits per heavy atom. The summed E-state index contributed by atoms with van der Waals surface area (Å²) in [5.41, 5.74) is 0.517. The van der Waals surface area contributed by atoms with Crippen LogP contribution in [0.5, 0.6) is 5.88 Å². The van der Waals surface area contributed by atoms with E-state index in [9.17, 15) is 4.39 Å². The van der Waals surface area contributed by atoms with Gasteiger partial charge in [0.15, 0.2) is 0 Å². The van der Waals surface area contributed by atoms with Crippen molar-refractivity contribution in [3.63, 3.8) is 0 Å². The summed E-state index contributed by atoms with van der Waals surface area (Å²) in [7, 11) is 0. The summed E-state index contributed by atoms with van der Waals surface area (Å²) >= 11 is 5.76. The number of nitrogens with zero attached hydrogens (tertiary/aromatic N) is 2. The van der Waals surface area contributed by atoms with Crippen molar-refractivity contribution in [1.82, 2.24) is 15.3 Å². The minimum atomic E-state index is -0.347. The van der Waals surface area contributed by atoms with Gasteiger partial charge in [0.2, 0.25) is 5.88 Å². The molecule has 0 aliphatic carbocycles. The minimum Gasteiger partial charge on any atom is -0.474 e. The molecule has 4 nitrogen and oxygen atoms in total. The van der Waals surface area contributed by atoms with Crippen LogP contribution in [0.3, 0.4) is 0 Å². The molecular weight excluding hydrogens is 340 g/mol. The zero-order valence-corrected chi connectivity index (χ0v) is 14.0. The van der Waals surface area contributed by atoms with Gasteiger partial charge in [-0.2, -0.15) is 4.98 Å². The lowest BCUT2D eigenvalue weighted by atomic mass is 10.1. The van der Waals surface area contributed by atoms with Crippen molar-refractivity contribution in [2.24, 2.45) is 0 Å². The van der Waals surface area contributed by atoms with Crippen molar-refractivity contribution in [3.05, 3.63) is 52.7 Å². The Morgan fingerprint density at radius 3 is 2.78 bits per heavy atom. The molecule has 0 saturated carbocycles. The second-order valence-electron chi connectivity index (χ2n) is 5.29. The van der Waals surface area contributed by atoms with Crippen LogP contribution in [0.2, 0.25) is 5.02 Å². The fraction of sp³-hybridized carbons (Fsp3) is 0.375. The zero-order chi connectivity index (χ0) is 15.4. The number of hydrogen-bond donors (Lipinski definition) is 1. The van der Waals surface area contributed by atoms with Gasteiger partial charge in [-0.3, -0.25) is 0 Å². The molecule has 0 amide bonds. The summed E-state index contributed by atoms with van der Waals surface area (Å²) < 4.78 is 19.7. The number of piperidine rings is 1. The molecule has 23 heavy (non-hydrogen) atoms. The molecule has 2 heterocycles. The zero-order valence-electron chi connectivity index (χ0n) is 12.5. The van der Waals surface area contributed by atoms with Crippen LogP contribution in [0.1, 0.15) is 24.2 Å². The Hall–Kier alpha value is -1.43. The van der Waals surface area contributed by atoms with Gasteiger partial charge < -0.3 is 10.1 Å². The van der Waals surface area contributed by atoms with Crippen LogP contribution in [0.4, 0.5) is 4.39 Å². The van der Waals surface area contributed by atoms with Gasteiger partial charge in [-0.25, -0.2) is 9.37 Å². The lowest BCUT2D eigenvalue weighted by Crippen LogP contribution is -2.34. The van der Waals surface area contributed by atoms with Gasteiger partial charge >= 0.3 is 0 Å². The summed E-state index contributed by atoms with van der Waals surface area (Å²) in [4.78, 5) is 8.56. The first-order valence-electron chi connectivity index (χ1n) is 7.34. The molecule has 1 fully saturated rings. The Balaban J connectivity index is 0.00000192. The average Bonchev–Trinajstić information content (AvgIpc) is 2.52. The van der Waals surface area contributed by atoms with Crippen molar-refractivity contribution in [2.45, 2.75) is 25.4 Å². The average molecular weight is 358 g/mol. The van der Waals surface area contributed by atoms with Crippen molar-refractivity contribution >= 4 is 24.0 Å². The molecular formula is C16H18Cl2FN3O. The minimum absolute atomic E-state index is 0. The Labute approximate surface area is 145 Å². The third-order valence-electron chi connectivity index (χ3n) is 3.62. The van der Waals surface area contributed by atoms with Crippen LogP contribution in [-0.4, -0.2) is 29.2 Å². The van der Waals surface area contributed by atoms with Gasteiger partial charge in [-0.1, -0.05) is 17.7 Å². The largest absolute Gasteiger partial charge is 0.474 e. The number of rotatable bonds is 4. The first-order valence-corrected chi connectivity index (χ1v) is 7.72. The summed E-state index contributed by atoms with van der Waals surface area (Å²) in [5, 5.41) is 3.67. The van der Waals surface area contributed by atoms with E-state index in [1.165, 1.54) is 6.07 Å². The number of aromatic nitrogens is 2. The van der Waals surface area contributed by atoms with E-state index in [-0.39, 0.29) is 24.3 Å². The van der Waals surface area contributed by atoms with E-state index in [0.717, 1.165) is 25.9 Å². The third-order valence-corrected chi connectivity index (χ3v) is 3.85. The van der Waals surface area contributed by atoms with E-state index < -0.39 is 0 Å². The molecule has 1 aliphatic rings. The molecule has 2 aromatic rings. The van der Waals surface area contributed by atoms with Gasteiger partial charge in [0.1, 0.15) is 17.7 Å². The van der Waals surface area contributed by atoms with E-state index >= 15 is 0 Å². The van der Waals surface area contributed by atoms with Crippen LogP contribution in [0.15, 0.2) is 30.5 Å². The van der Waals surface area contributed by atoms with Crippen LogP contribution in [0.25, 0.3) is 0 Å². The lowest BCUT2D eigenvalue weighted by Gasteiger charge is -2.23. The molecule has 1 saturated heterocycles. The van der Waals surface area contributed by atoms with Crippen molar-refractivity contribution in [2.75, 3.05) is 13.1 Å². The molecule has 1 aliphatic heterocycles. The van der Waals surface area contributed by atoms with E-state index in [1.54, 1.807) is 24.4 Å². The monoisotopic (exact) mass is 357 g/mol. The van der Waals surface area contributed by atoms with E-state index in [0.29, 0.717) is 28.7 Å². The SMILES string of the molecule is Cl.Fc1cc(Cl)ccc1Cc1nccc(OC2CCNCC2)n1. The number of halogens is 3. The van der Waals surface area contributed by atoms with Gasteiger partial charge in [0.05, 0.1) is 0 Å². The Morgan fingerprint density at radius 1 is 1.26 bits per heavy atom. The fourth-order valence-corrected chi connectivity index (χ4v) is 2.61. The van der Waals surface area contributed by atoms with Crippen molar-refractivity contribution in [1.29, 1.82) is 0 Å². The predicted molar refractivity (Wildman–Crippen MR) is 90.0 cm³/mol. The highest BCUT2D eigenvalue weighted by atomic mass is 35.5. The summed E-state index contributed by atoms with van der Waals surface area (Å²) in [6, 6.07) is 6.35. The van der Waals surface area contributed by atoms with Crippen LogP contribution < -0.4 is 10.1 Å². The van der Waals surface area contributed by atoms with Crippen LogP contribution in [-0.2, 0) is 6.42 Å². The highest BCUT2D eigenvalue weighted by Crippen LogP contribution is 2.18. The fourth-order valence-electron chi connectivity index (χ4n) is 2.45. The molecule has 1 aromatic heterocycles. The van der Waals surface area contributed by atoms with E-state index in [4.69, 9.17) is 16.3 Å². The smallest absolute Gasteiger partial charge is 0.216 e. The van der Waals surface area contributed by atoms with Gasteiger partial charge in [-0.05, 0) is 43.6 Å². The Bertz CT molecular complexity index is 651. The molecule has 0 spiro atoms. The van der Waals surface area contributed by atoms with Crippen LogP contribution in [0, 0.1) is 5.82 Å². The maximum absolute atomic E-state index is 13.8. The molecule has 3 rings (SSSR count). The molecule has 0 radical (unpaired) electrons. The predicted octanol–water partition coefficient (Wildman–Crippen LogP) is 3.41. The summed E-state index contributed by atoms with van der Waals surface area (Å²) in [5.74, 6) is 0.736. The Kier molecular flexibility index (Phi) is 6.57. The second kappa shape index (κ2) is 8.43. The first-order chi connectivity index (χ1) is 10.7. The quantitative estimate of drug-likeness (QED) is 0.910. The van der Waals surface area contributed by atoms with Crippen molar-refractivity contribution < 1.29 is 9.13 Å². The lowest BCUT2D eigenvalue weighted by molar-refractivity contribution is 0.155. The normalized spacial score (nSPS) is 15.0. The molecule has 124 valence electrons. The third kappa shape index (κ3) is 5.03. The van der Waals surface area contributed by atoms with E-state index in [2.05, 4.69) is 15.3 Å². The molecule has 1 N–H and O–H groups in total. The maximum Gasteiger partial charge on any atom is 0.216 e. The maximum atomic E-state index is 13.8. The molecule has 0 unspecified atom stereocenters. The first kappa shape index (κ1) is 17.9. The second-order valence-corrected chi connectivity index (χ2v) is 5.73. The van der Waals surface area contributed by atoms with Crippen LogP contribution >= 0.6 is 24.0 Å². The molecule has 1 aromatic carbocycles. The molecule has 0 bridgehead atoms. The van der Waals surface area contributed by atoms with Crippen molar-refractivity contribution in [3.8, 4) is 5.88 Å². The molecule has 7 heteroatoms.